The van der Waals surface area contributed by atoms with Gasteiger partial charge in [-0.2, -0.15) is 0 Å². The molecule has 0 aliphatic heterocycles. The number of nitrogens with two attached hydrogens (primary N) is 1. The summed E-state index contributed by atoms with van der Waals surface area (Å²) in [5.41, 5.74) is 10.9. The van der Waals surface area contributed by atoms with Crippen LogP contribution < -0.4 is 5.73 Å². The molecular formula is C17H15N3. The highest BCUT2D eigenvalue weighted by Gasteiger charge is 2.08. The average Bonchev–Trinajstić information content (AvgIpc) is 2.82. The number of benzene rings is 2. The second-order valence-electron chi connectivity index (χ2n) is 4.85. The zero-order chi connectivity index (χ0) is 14.1. The van der Waals surface area contributed by atoms with E-state index in [0.717, 1.165) is 16.8 Å². The molecule has 3 rings (SSSR count). The summed E-state index contributed by atoms with van der Waals surface area (Å²) in [5, 5.41) is 1.19. The summed E-state index contributed by atoms with van der Waals surface area (Å²) < 4.78 is 2.20. The van der Waals surface area contributed by atoms with Crippen molar-refractivity contribution in [1.82, 2.24) is 4.57 Å². The van der Waals surface area contributed by atoms with Crippen molar-refractivity contribution < 1.29 is 0 Å². The van der Waals surface area contributed by atoms with Crippen molar-refractivity contribution in [3.8, 4) is 5.69 Å². The van der Waals surface area contributed by atoms with Gasteiger partial charge >= 0.3 is 0 Å². The van der Waals surface area contributed by atoms with Crippen LogP contribution in [0.25, 0.3) is 21.4 Å². The van der Waals surface area contributed by atoms with Crippen LogP contribution in [-0.4, -0.2) is 4.57 Å². The summed E-state index contributed by atoms with van der Waals surface area (Å²) in [6.07, 6.45) is 0. The first-order chi connectivity index (χ1) is 9.72. The van der Waals surface area contributed by atoms with Crippen LogP contribution in [0.2, 0.25) is 0 Å². The van der Waals surface area contributed by atoms with E-state index in [1.54, 1.807) is 0 Å². The van der Waals surface area contributed by atoms with Gasteiger partial charge in [-0.15, -0.1) is 0 Å². The van der Waals surface area contributed by atoms with E-state index in [4.69, 9.17) is 12.3 Å². The molecule has 0 atom stereocenters. The molecule has 0 spiro atoms. The SMILES string of the molecule is [C-]#[N+]c1ccc(-n2c(C)cc3cc(CN)ccc32)cc1. The fourth-order valence-corrected chi connectivity index (χ4v) is 2.55. The molecule has 3 heteroatoms. The maximum atomic E-state index is 7.01. The van der Waals surface area contributed by atoms with Gasteiger partial charge in [0.1, 0.15) is 0 Å². The summed E-state index contributed by atoms with van der Waals surface area (Å²) in [6, 6.07) is 16.1. The summed E-state index contributed by atoms with van der Waals surface area (Å²) in [5.74, 6) is 0. The Morgan fingerprint density at radius 2 is 1.85 bits per heavy atom. The largest absolute Gasteiger partial charge is 0.326 e. The topological polar surface area (TPSA) is 35.3 Å². The molecule has 20 heavy (non-hydrogen) atoms. The van der Waals surface area contributed by atoms with E-state index in [2.05, 4.69) is 40.6 Å². The molecule has 0 fully saturated rings. The highest BCUT2D eigenvalue weighted by atomic mass is 15.0. The lowest BCUT2D eigenvalue weighted by Gasteiger charge is -2.09. The number of nitrogens with zero attached hydrogens (tertiary/aromatic N) is 2. The lowest BCUT2D eigenvalue weighted by Crippen LogP contribution is -1.97. The highest BCUT2D eigenvalue weighted by molar-refractivity contribution is 5.84. The van der Waals surface area contributed by atoms with E-state index < -0.39 is 0 Å². The lowest BCUT2D eigenvalue weighted by molar-refractivity contribution is 1.05. The van der Waals surface area contributed by atoms with Gasteiger partial charge < -0.3 is 10.3 Å². The van der Waals surface area contributed by atoms with Gasteiger partial charge in [0, 0.05) is 23.3 Å². The fraction of sp³-hybridized carbons (Fsp3) is 0.118. The van der Waals surface area contributed by atoms with Gasteiger partial charge in [0.25, 0.3) is 0 Å². The van der Waals surface area contributed by atoms with E-state index in [9.17, 15) is 0 Å². The molecule has 1 aromatic heterocycles. The summed E-state index contributed by atoms with van der Waals surface area (Å²) >= 11 is 0. The Kier molecular flexibility index (Phi) is 3.02. The van der Waals surface area contributed by atoms with Gasteiger partial charge in [0.15, 0.2) is 5.69 Å². The minimum atomic E-state index is 0.555. The zero-order valence-electron chi connectivity index (χ0n) is 11.3. The van der Waals surface area contributed by atoms with Crippen molar-refractivity contribution in [2.75, 3.05) is 0 Å². The number of aryl methyl sites for hydroxylation is 1. The monoisotopic (exact) mass is 261 g/mol. The third-order valence-corrected chi connectivity index (χ3v) is 3.52. The number of hydrogen-bond acceptors (Lipinski definition) is 1. The summed E-state index contributed by atoms with van der Waals surface area (Å²) in [6.45, 7) is 9.66. The third-order valence-electron chi connectivity index (χ3n) is 3.52. The minimum Gasteiger partial charge on any atom is -0.326 e. The second kappa shape index (κ2) is 4.84. The zero-order valence-corrected chi connectivity index (χ0v) is 11.3. The maximum Gasteiger partial charge on any atom is 0.187 e. The van der Waals surface area contributed by atoms with Crippen molar-refractivity contribution in [2.45, 2.75) is 13.5 Å². The molecule has 0 amide bonds. The third kappa shape index (κ3) is 1.97. The molecule has 1 heterocycles. The van der Waals surface area contributed by atoms with Crippen molar-refractivity contribution in [2.24, 2.45) is 5.73 Å². The van der Waals surface area contributed by atoms with Crippen molar-refractivity contribution in [1.29, 1.82) is 0 Å². The predicted octanol–water partition coefficient (Wildman–Crippen LogP) is 3.95. The number of hydrogen-bond donors (Lipinski definition) is 1. The van der Waals surface area contributed by atoms with E-state index in [-0.39, 0.29) is 0 Å². The minimum absolute atomic E-state index is 0.555. The quantitative estimate of drug-likeness (QED) is 0.696. The fourth-order valence-electron chi connectivity index (χ4n) is 2.55. The molecule has 3 nitrogen and oxygen atoms in total. The van der Waals surface area contributed by atoms with Crippen molar-refractivity contribution in [3.05, 3.63) is 71.2 Å². The maximum absolute atomic E-state index is 7.01. The molecule has 0 saturated carbocycles. The van der Waals surface area contributed by atoms with Gasteiger partial charge in [-0.3, -0.25) is 0 Å². The molecule has 2 N–H and O–H groups in total. The molecular weight excluding hydrogens is 246 g/mol. The Labute approximate surface area is 118 Å². The lowest BCUT2D eigenvalue weighted by atomic mass is 10.1. The first kappa shape index (κ1) is 12.5. The Morgan fingerprint density at radius 3 is 2.50 bits per heavy atom. The highest BCUT2D eigenvalue weighted by Crippen LogP contribution is 2.26. The van der Waals surface area contributed by atoms with Gasteiger partial charge in [-0.05, 0) is 42.8 Å². The van der Waals surface area contributed by atoms with Crippen LogP contribution in [0.5, 0.6) is 0 Å². The predicted molar refractivity (Wildman–Crippen MR) is 82.2 cm³/mol. The molecule has 0 radical (unpaired) electrons. The normalized spacial score (nSPS) is 10.7. The number of rotatable bonds is 2. The van der Waals surface area contributed by atoms with Crippen LogP contribution >= 0.6 is 0 Å². The Morgan fingerprint density at radius 1 is 1.10 bits per heavy atom. The van der Waals surface area contributed by atoms with Crippen LogP contribution in [0, 0.1) is 13.5 Å². The van der Waals surface area contributed by atoms with E-state index >= 15 is 0 Å². The summed E-state index contributed by atoms with van der Waals surface area (Å²) in [4.78, 5) is 3.43. The van der Waals surface area contributed by atoms with Gasteiger partial charge in [0.05, 0.1) is 12.1 Å². The van der Waals surface area contributed by atoms with Crippen molar-refractivity contribution in [3.63, 3.8) is 0 Å². The first-order valence-electron chi connectivity index (χ1n) is 6.52. The summed E-state index contributed by atoms with van der Waals surface area (Å²) in [7, 11) is 0. The molecule has 2 aromatic carbocycles. The first-order valence-corrected chi connectivity index (χ1v) is 6.52. The molecule has 0 bridgehead atoms. The molecule has 3 aromatic rings. The van der Waals surface area contributed by atoms with Crippen LogP contribution in [0.3, 0.4) is 0 Å². The molecule has 0 unspecified atom stereocenters. The standard InChI is InChI=1S/C17H15N3/c1-12-9-14-10-13(11-18)3-8-17(14)20(12)16-6-4-15(19-2)5-7-16/h3-10H,11,18H2,1H3. The van der Waals surface area contributed by atoms with E-state index in [1.807, 2.05) is 24.3 Å². The van der Waals surface area contributed by atoms with Crippen molar-refractivity contribution >= 4 is 16.6 Å². The number of aromatic nitrogens is 1. The van der Waals surface area contributed by atoms with Crippen LogP contribution in [0.4, 0.5) is 5.69 Å². The molecule has 98 valence electrons. The van der Waals surface area contributed by atoms with Gasteiger partial charge in [-0.25, -0.2) is 4.85 Å². The average molecular weight is 261 g/mol. The van der Waals surface area contributed by atoms with Gasteiger partial charge in [-0.1, -0.05) is 18.2 Å². The van der Waals surface area contributed by atoms with E-state index in [0.29, 0.717) is 12.2 Å². The molecule has 0 aliphatic rings. The Hall–Kier alpha value is -2.57. The van der Waals surface area contributed by atoms with Crippen LogP contribution in [-0.2, 0) is 6.54 Å². The smallest absolute Gasteiger partial charge is 0.187 e. The van der Waals surface area contributed by atoms with Crippen LogP contribution in [0.15, 0.2) is 48.5 Å². The van der Waals surface area contributed by atoms with E-state index in [1.165, 1.54) is 11.1 Å². The van der Waals surface area contributed by atoms with Crippen LogP contribution in [0.1, 0.15) is 11.3 Å². The van der Waals surface area contributed by atoms with Gasteiger partial charge in [0.2, 0.25) is 0 Å². The number of fused-ring (bicyclic) bond motifs is 1. The molecule has 0 saturated heterocycles. The molecule has 0 aliphatic carbocycles. The Bertz CT molecular complexity index is 805. The second-order valence-corrected chi connectivity index (χ2v) is 4.85. The Balaban J connectivity index is 2.19.